The van der Waals surface area contributed by atoms with Gasteiger partial charge in [-0.25, -0.2) is 13.8 Å². The highest BCUT2D eigenvalue weighted by Crippen LogP contribution is 2.48. The summed E-state index contributed by atoms with van der Waals surface area (Å²) in [6, 6.07) is 10.7. The van der Waals surface area contributed by atoms with Gasteiger partial charge in [0.1, 0.15) is 23.4 Å². The standard InChI is InChI=1S/C22H24F2N2O4/c1-14(21(27)28)15-2-4-17(5-3-15)30-19-8-9-26(12-19)20-7-6-18(11-25-20)29-13-16-10-22(16,23)24/h2-7,11,14,16,19H,8-10,12-13H2,1H3,(H,27,28). The van der Waals surface area contributed by atoms with Gasteiger partial charge < -0.3 is 19.5 Å². The molecular weight excluding hydrogens is 394 g/mol. The lowest BCUT2D eigenvalue weighted by Crippen LogP contribution is -2.25. The molecule has 1 aliphatic carbocycles. The monoisotopic (exact) mass is 418 g/mol. The molecule has 160 valence electrons. The van der Waals surface area contributed by atoms with Crippen LogP contribution in [0, 0.1) is 5.92 Å². The molecule has 3 atom stereocenters. The number of rotatable bonds is 8. The van der Waals surface area contributed by atoms with Crippen LogP contribution in [0.25, 0.3) is 0 Å². The number of aromatic nitrogens is 1. The number of aliphatic carboxylic acids is 1. The minimum atomic E-state index is -2.58. The average molecular weight is 418 g/mol. The lowest BCUT2D eigenvalue weighted by atomic mass is 10.0. The number of carboxylic acid groups (broad SMARTS) is 1. The Labute approximate surface area is 173 Å². The molecular formula is C22H24F2N2O4. The second kappa shape index (κ2) is 8.08. The summed E-state index contributed by atoms with van der Waals surface area (Å²) in [5.74, 6) is -2.69. The van der Waals surface area contributed by atoms with Crippen LogP contribution in [0.15, 0.2) is 42.6 Å². The lowest BCUT2D eigenvalue weighted by molar-refractivity contribution is -0.138. The summed E-state index contributed by atoms with van der Waals surface area (Å²) < 4.78 is 37.2. The van der Waals surface area contributed by atoms with Crippen LogP contribution in [-0.4, -0.2) is 47.8 Å². The Bertz CT molecular complexity index is 889. The van der Waals surface area contributed by atoms with E-state index in [0.29, 0.717) is 18.0 Å². The van der Waals surface area contributed by atoms with Crippen molar-refractivity contribution >= 4 is 11.8 Å². The second-order valence-electron chi connectivity index (χ2n) is 7.93. The van der Waals surface area contributed by atoms with E-state index in [0.717, 1.165) is 24.3 Å². The number of halogens is 2. The summed E-state index contributed by atoms with van der Waals surface area (Å²) in [7, 11) is 0. The smallest absolute Gasteiger partial charge is 0.310 e. The van der Waals surface area contributed by atoms with Crippen molar-refractivity contribution in [3.8, 4) is 11.5 Å². The number of carbonyl (C=O) groups is 1. The van der Waals surface area contributed by atoms with Crippen LogP contribution >= 0.6 is 0 Å². The molecule has 6 nitrogen and oxygen atoms in total. The van der Waals surface area contributed by atoms with Gasteiger partial charge in [0, 0.05) is 19.4 Å². The average Bonchev–Trinajstić information content (AvgIpc) is 3.11. The van der Waals surface area contributed by atoms with Gasteiger partial charge in [0.2, 0.25) is 0 Å². The molecule has 2 aromatic rings. The van der Waals surface area contributed by atoms with Crippen molar-refractivity contribution in [1.29, 1.82) is 0 Å². The number of benzene rings is 1. The number of ether oxygens (including phenoxy) is 2. The van der Waals surface area contributed by atoms with E-state index in [9.17, 15) is 13.6 Å². The number of nitrogens with zero attached hydrogens (tertiary/aromatic N) is 2. The molecule has 8 heteroatoms. The first-order chi connectivity index (χ1) is 14.3. The maximum Gasteiger partial charge on any atom is 0.310 e. The number of pyridine rings is 1. The first kappa shape index (κ1) is 20.4. The highest BCUT2D eigenvalue weighted by atomic mass is 19.3. The van der Waals surface area contributed by atoms with Crippen molar-refractivity contribution in [3.05, 3.63) is 48.2 Å². The molecule has 1 aromatic heterocycles. The summed E-state index contributed by atoms with van der Waals surface area (Å²) in [6.07, 6.45) is 2.30. The summed E-state index contributed by atoms with van der Waals surface area (Å²) in [5, 5.41) is 9.09. The molecule has 0 bridgehead atoms. The Morgan fingerprint density at radius 1 is 1.27 bits per heavy atom. The zero-order valence-corrected chi connectivity index (χ0v) is 16.6. The third-order valence-corrected chi connectivity index (χ3v) is 5.65. The van der Waals surface area contributed by atoms with Crippen LogP contribution in [-0.2, 0) is 4.79 Å². The zero-order valence-electron chi connectivity index (χ0n) is 16.6. The Kier molecular flexibility index (Phi) is 5.49. The van der Waals surface area contributed by atoms with Gasteiger partial charge in [-0.2, -0.15) is 0 Å². The highest BCUT2D eigenvalue weighted by Gasteiger charge is 2.57. The predicted octanol–water partition coefficient (Wildman–Crippen LogP) is 3.96. The molecule has 1 saturated heterocycles. The van der Waals surface area contributed by atoms with E-state index in [1.165, 1.54) is 0 Å². The Hall–Kier alpha value is -2.90. The number of alkyl halides is 2. The topological polar surface area (TPSA) is 71.9 Å². The van der Waals surface area contributed by atoms with E-state index in [1.807, 2.05) is 6.07 Å². The highest BCUT2D eigenvalue weighted by molar-refractivity contribution is 5.75. The van der Waals surface area contributed by atoms with Crippen LogP contribution in [0.4, 0.5) is 14.6 Å². The van der Waals surface area contributed by atoms with Crippen LogP contribution in [0.3, 0.4) is 0 Å². The Balaban J connectivity index is 1.27. The fourth-order valence-corrected chi connectivity index (χ4v) is 3.49. The van der Waals surface area contributed by atoms with Gasteiger partial charge in [0.15, 0.2) is 0 Å². The first-order valence-corrected chi connectivity index (χ1v) is 10.0. The number of carboxylic acids is 1. The van der Waals surface area contributed by atoms with E-state index in [1.54, 1.807) is 43.5 Å². The largest absolute Gasteiger partial charge is 0.491 e. The van der Waals surface area contributed by atoms with Crippen molar-refractivity contribution in [2.45, 2.75) is 37.7 Å². The van der Waals surface area contributed by atoms with Gasteiger partial charge in [-0.3, -0.25) is 4.79 Å². The molecule has 0 amide bonds. The fourth-order valence-electron chi connectivity index (χ4n) is 3.49. The molecule has 1 saturated carbocycles. The number of anilines is 1. The summed E-state index contributed by atoms with van der Waals surface area (Å²) in [5.41, 5.74) is 0.736. The second-order valence-corrected chi connectivity index (χ2v) is 7.93. The van der Waals surface area contributed by atoms with Crippen LogP contribution < -0.4 is 14.4 Å². The van der Waals surface area contributed by atoms with E-state index < -0.39 is 23.7 Å². The van der Waals surface area contributed by atoms with E-state index in [-0.39, 0.29) is 19.1 Å². The van der Waals surface area contributed by atoms with Gasteiger partial charge in [-0.1, -0.05) is 12.1 Å². The molecule has 2 heterocycles. The molecule has 2 fully saturated rings. The molecule has 1 aliphatic heterocycles. The quantitative estimate of drug-likeness (QED) is 0.700. The maximum absolute atomic E-state index is 12.9. The molecule has 4 rings (SSSR count). The lowest BCUT2D eigenvalue weighted by Gasteiger charge is -2.18. The van der Waals surface area contributed by atoms with Crippen molar-refractivity contribution in [3.63, 3.8) is 0 Å². The normalized spacial score (nSPS) is 23.1. The zero-order chi connectivity index (χ0) is 21.3. The van der Waals surface area contributed by atoms with E-state index in [2.05, 4.69) is 9.88 Å². The summed E-state index contributed by atoms with van der Waals surface area (Å²) in [6.45, 7) is 3.13. The minimum absolute atomic E-state index is 0.00238. The fraction of sp³-hybridized carbons (Fsp3) is 0.455. The molecule has 3 unspecified atom stereocenters. The van der Waals surface area contributed by atoms with Crippen molar-refractivity contribution in [1.82, 2.24) is 4.98 Å². The number of hydrogen-bond acceptors (Lipinski definition) is 5. The number of hydrogen-bond donors (Lipinski definition) is 1. The Morgan fingerprint density at radius 2 is 1.97 bits per heavy atom. The van der Waals surface area contributed by atoms with Crippen LogP contribution in [0.1, 0.15) is 31.2 Å². The van der Waals surface area contributed by atoms with Gasteiger partial charge in [0.25, 0.3) is 5.92 Å². The van der Waals surface area contributed by atoms with Gasteiger partial charge in [-0.05, 0) is 36.8 Å². The molecule has 30 heavy (non-hydrogen) atoms. The van der Waals surface area contributed by atoms with Gasteiger partial charge in [-0.15, -0.1) is 0 Å². The third-order valence-electron chi connectivity index (χ3n) is 5.65. The SMILES string of the molecule is CC(C(=O)O)c1ccc(OC2CCN(c3ccc(OCC4CC4(F)F)cn3)C2)cc1. The third kappa shape index (κ3) is 4.63. The minimum Gasteiger partial charge on any atom is -0.491 e. The molecule has 1 aromatic carbocycles. The van der Waals surface area contributed by atoms with Crippen molar-refractivity contribution in [2.75, 3.05) is 24.6 Å². The van der Waals surface area contributed by atoms with Crippen molar-refractivity contribution in [2.24, 2.45) is 5.92 Å². The molecule has 2 aliphatic rings. The Morgan fingerprint density at radius 3 is 2.57 bits per heavy atom. The molecule has 1 N–H and O–H groups in total. The van der Waals surface area contributed by atoms with Gasteiger partial charge in [0.05, 0.1) is 31.2 Å². The van der Waals surface area contributed by atoms with Crippen LogP contribution in [0.2, 0.25) is 0 Å². The van der Waals surface area contributed by atoms with Gasteiger partial charge >= 0.3 is 5.97 Å². The summed E-state index contributed by atoms with van der Waals surface area (Å²) >= 11 is 0. The molecule has 0 spiro atoms. The first-order valence-electron chi connectivity index (χ1n) is 10.0. The van der Waals surface area contributed by atoms with Crippen LogP contribution in [0.5, 0.6) is 11.5 Å². The predicted molar refractivity (Wildman–Crippen MR) is 107 cm³/mol. The van der Waals surface area contributed by atoms with Crippen molar-refractivity contribution < 1.29 is 28.2 Å². The molecule has 0 radical (unpaired) electrons. The van der Waals surface area contributed by atoms with E-state index >= 15 is 0 Å². The summed E-state index contributed by atoms with van der Waals surface area (Å²) in [4.78, 5) is 17.6. The van der Waals surface area contributed by atoms with E-state index in [4.69, 9.17) is 14.6 Å². The maximum atomic E-state index is 12.9.